The molecular weight excluding hydrogens is 253 g/mol. The molecule has 106 valence electrons. The Kier molecular flexibility index (Phi) is 4.02. The minimum absolute atomic E-state index is 0.371. The second-order valence-electron chi connectivity index (χ2n) is 5.87. The zero-order valence-corrected chi connectivity index (χ0v) is 12.4. The summed E-state index contributed by atoms with van der Waals surface area (Å²) >= 11 is 0. The quantitative estimate of drug-likeness (QED) is 0.668. The molecule has 0 spiro atoms. The van der Waals surface area contributed by atoms with E-state index in [1.54, 1.807) is 0 Å². The van der Waals surface area contributed by atoms with Crippen molar-refractivity contribution in [2.24, 2.45) is 0 Å². The van der Waals surface area contributed by atoms with Gasteiger partial charge in [-0.2, -0.15) is 5.26 Å². The fraction of sp³-hybridized carbons (Fsp3) is 0.571. The van der Waals surface area contributed by atoms with Gasteiger partial charge in [-0.15, -0.1) is 0 Å². The molecule has 0 saturated carbocycles. The molecular formula is C14H20BN3O2. The van der Waals surface area contributed by atoms with Crippen molar-refractivity contribution in [2.75, 3.05) is 11.9 Å². The fourth-order valence-electron chi connectivity index (χ4n) is 1.89. The molecule has 1 aliphatic heterocycles. The zero-order valence-electron chi connectivity index (χ0n) is 12.4. The predicted molar refractivity (Wildman–Crippen MR) is 78.7 cm³/mol. The largest absolute Gasteiger partial charge is 0.514 e. The van der Waals surface area contributed by atoms with Crippen LogP contribution in [-0.2, 0) is 9.31 Å². The molecule has 0 atom stereocenters. The van der Waals surface area contributed by atoms with Gasteiger partial charge in [0.05, 0.1) is 29.3 Å². The zero-order chi connectivity index (χ0) is 14.8. The molecule has 1 aromatic rings. The molecule has 0 aliphatic carbocycles. The summed E-state index contributed by atoms with van der Waals surface area (Å²) in [6.07, 6.45) is 0.447. The summed E-state index contributed by atoms with van der Waals surface area (Å²) in [7, 11) is -0.460. The van der Waals surface area contributed by atoms with Crippen molar-refractivity contribution in [3.63, 3.8) is 0 Å². The summed E-state index contributed by atoms with van der Waals surface area (Å²) in [5, 5.41) is 11.6. The second kappa shape index (κ2) is 5.43. The summed E-state index contributed by atoms with van der Waals surface area (Å²) in [6.45, 7) is 8.64. The van der Waals surface area contributed by atoms with Crippen molar-refractivity contribution < 1.29 is 9.31 Å². The lowest BCUT2D eigenvalue weighted by Gasteiger charge is -2.32. The first-order valence-electron chi connectivity index (χ1n) is 6.79. The number of hydrogen-bond acceptors (Lipinski definition) is 5. The Bertz CT molecular complexity index is 509. The van der Waals surface area contributed by atoms with Crippen LogP contribution in [0.1, 0.15) is 34.1 Å². The van der Waals surface area contributed by atoms with Gasteiger partial charge >= 0.3 is 7.12 Å². The van der Waals surface area contributed by atoms with E-state index in [2.05, 4.69) is 16.4 Å². The Labute approximate surface area is 120 Å². The maximum Gasteiger partial charge on any atom is 0.514 e. The number of aromatic nitrogens is 1. The molecule has 6 heteroatoms. The van der Waals surface area contributed by atoms with E-state index in [0.29, 0.717) is 13.0 Å². The maximum absolute atomic E-state index is 8.54. The van der Waals surface area contributed by atoms with Crippen molar-refractivity contribution in [2.45, 2.75) is 45.3 Å². The van der Waals surface area contributed by atoms with E-state index >= 15 is 0 Å². The molecule has 0 bridgehead atoms. The maximum atomic E-state index is 8.54. The van der Waals surface area contributed by atoms with E-state index in [9.17, 15) is 0 Å². The first-order valence-corrected chi connectivity index (χ1v) is 6.79. The van der Waals surface area contributed by atoms with Crippen molar-refractivity contribution in [3.8, 4) is 6.07 Å². The van der Waals surface area contributed by atoms with Gasteiger partial charge in [0.15, 0.2) is 0 Å². The van der Waals surface area contributed by atoms with Crippen LogP contribution < -0.4 is 10.9 Å². The molecule has 0 unspecified atom stereocenters. The van der Waals surface area contributed by atoms with Crippen LogP contribution >= 0.6 is 0 Å². The molecule has 2 heterocycles. The molecule has 1 aliphatic rings. The molecule has 0 aromatic carbocycles. The van der Waals surface area contributed by atoms with Gasteiger partial charge in [-0.3, -0.25) is 0 Å². The topological polar surface area (TPSA) is 67.2 Å². The average Bonchev–Trinajstić information content (AvgIpc) is 2.59. The first-order chi connectivity index (χ1) is 9.36. The first kappa shape index (κ1) is 14.8. The van der Waals surface area contributed by atoms with E-state index in [-0.39, 0.29) is 11.2 Å². The molecule has 1 saturated heterocycles. The molecule has 5 nitrogen and oxygen atoms in total. The van der Waals surface area contributed by atoms with E-state index < -0.39 is 7.12 Å². The van der Waals surface area contributed by atoms with E-state index in [0.717, 1.165) is 11.4 Å². The Morgan fingerprint density at radius 3 is 2.50 bits per heavy atom. The van der Waals surface area contributed by atoms with Gasteiger partial charge in [0.25, 0.3) is 0 Å². The Hall–Kier alpha value is -1.58. The van der Waals surface area contributed by atoms with Gasteiger partial charge in [-0.1, -0.05) is 6.07 Å². The van der Waals surface area contributed by atoms with Gasteiger partial charge in [0.2, 0.25) is 0 Å². The minimum Gasteiger partial charge on any atom is -0.398 e. The number of pyridine rings is 1. The van der Waals surface area contributed by atoms with Crippen LogP contribution in [0.5, 0.6) is 0 Å². The lowest BCUT2D eigenvalue weighted by atomic mass is 9.84. The summed E-state index contributed by atoms with van der Waals surface area (Å²) in [5.41, 5.74) is -0.00158. The highest BCUT2D eigenvalue weighted by Crippen LogP contribution is 2.36. The van der Waals surface area contributed by atoms with Crippen LogP contribution in [0.15, 0.2) is 18.2 Å². The number of nitrogens with zero attached hydrogens (tertiary/aromatic N) is 2. The molecule has 0 amide bonds. The number of anilines is 1. The highest BCUT2D eigenvalue weighted by Gasteiger charge is 2.52. The normalized spacial score (nSPS) is 19.6. The molecule has 0 radical (unpaired) electrons. The Morgan fingerprint density at radius 2 is 1.90 bits per heavy atom. The van der Waals surface area contributed by atoms with Crippen molar-refractivity contribution in [3.05, 3.63) is 18.2 Å². The lowest BCUT2D eigenvalue weighted by molar-refractivity contribution is 0.00578. The second-order valence-corrected chi connectivity index (χ2v) is 5.87. The third kappa shape index (κ3) is 2.95. The van der Waals surface area contributed by atoms with E-state index in [1.807, 2.05) is 45.9 Å². The number of nitrogens with one attached hydrogen (secondary N) is 1. The van der Waals surface area contributed by atoms with Crippen molar-refractivity contribution in [1.29, 1.82) is 5.26 Å². The highest BCUT2D eigenvalue weighted by atomic mass is 16.7. The molecule has 2 rings (SSSR count). The van der Waals surface area contributed by atoms with Crippen LogP contribution in [-0.4, -0.2) is 29.8 Å². The lowest BCUT2D eigenvalue weighted by Crippen LogP contribution is -2.41. The summed E-state index contributed by atoms with van der Waals surface area (Å²) in [4.78, 5) is 4.49. The molecule has 1 fully saturated rings. The van der Waals surface area contributed by atoms with Crippen LogP contribution in [0.4, 0.5) is 5.82 Å². The van der Waals surface area contributed by atoms with Gasteiger partial charge in [-0.05, 0) is 39.8 Å². The summed E-state index contributed by atoms with van der Waals surface area (Å²) in [5.74, 6) is 0.729. The summed E-state index contributed by atoms with van der Waals surface area (Å²) in [6, 6.07) is 7.75. The van der Waals surface area contributed by atoms with E-state index in [4.69, 9.17) is 14.6 Å². The fourth-order valence-corrected chi connectivity index (χ4v) is 1.89. The monoisotopic (exact) mass is 273 g/mol. The van der Waals surface area contributed by atoms with Crippen LogP contribution in [0.2, 0.25) is 0 Å². The molecule has 1 N–H and O–H groups in total. The van der Waals surface area contributed by atoms with E-state index in [1.165, 1.54) is 0 Å². The van der Waals surface area contributed by atoms with Crippen LogP contribution in [0.25, 0.3) is 0 Å². The summed E-state index contributed by atoms with van der Waals surface area (Å²) < 4.78 is 11.9. The molecule has 1 aromatic heterocycles. The van der Waals surface area contributed by atoms with Gasteiger partial charge in [-0.25, -0.2) is 4.98 Å². The van der Waals surface area contributed by atoms with Gasteiger partial charge in [0.1, 0.15) is 5.82 Å². The number of nitriles is 1. The Morgan fingerprint density at radius 1 is 1.25 bits per heavy atom. The number of hydrogen-bond donors (Lipinski definition) is 1. The van der Waals surface area contributed by atoms with Crippen LogP contribution in [0, 0.1) is 11.3 Å². The minimum atomic E-state index is -0.460. The highest BCUT2D eigenvalue weighted by molar-refractivity contribution is 6.61. The van der Waals surface area contributed by atoms with Gasteiger partial charge < -0.3 is 14.6 Å². The third-order valence-corrected chi connectivity index (χ3v) is 3.81. The Balaban J connectivity index is 2.11. The van der Waals surface area contributed by atoms with Crippen molar-refractivity contribution >= 4 is 18.5 Å². The smallest absolute Gasteiger partial charge is 0.398 e. The standard InChI is InChI=1S/C14H20BN3O2/c1-13(2)14(3,4)20-15(19-13)11-7-5-8-12(18-11)17-10-6-9-16/h5,7-8H,6,10H2,1-4H3,(H,17,18). The predicted octanol–water partition coefficient (Wildman–Crippen LogP) is 1.71. The average molecular weight is 273 g/mol. The number of rotatable bonds is 4. The van der Waals surface area contributed by atoms with Crippen molar-refractivity contribution in [1.82, 2.24) is 4.98 Å². The third-order valence-electron chi connectivity index (χ3n) is 3.81. The van der Waals surface area contributed by atoms with Gasteiger partial charge in [0, 0.05) is 6.54 Å². The van der Waals surface area contributed by atoms with Crippen LogP contribution in [0.3, 0.4) is 0 Å². The molecule has 20 heavy (non-hydrogen) atoms. The SMILES string of the molecule is CC1(C)OB(c2cccc(NCCC#N)n2)OC1(C)C.